The zero-order chi connectivity index (χ0) is 16.6. The van der Waals surface area contributed by atoms with Crippen LogP contribution in [0.2, 0.25) is 5.02 Å². The Hall–Kier alpha value is -2.66. The lowest BCUT2D eigenvalue weighted by Crippen LogP contribution is -2.19. The summed E-state index contributed by atoms with van der Waals surface area (Å²) in [5.41, 5.74) is -0.179. The van der Waals surface area contributed by atoms with Crippen LogP contribution in [0, 0.1) is 5.82 Å². The number of rotatable bonds is 3. The summed E-state index contributed by atoms with van der Waals surface area (Å²) >= 11 is 6.03. The highest BCUT2D eigenvalue weighted by Crippen LogP contribution is 2.22. The third-order valence-electron chi connectivity index (χ3n) is 3.61. The van der Waals surface area contributed by atoms with E-state index in [0.717, 1.165) is 0 Å². The summed E-state index contributed by atoms with van der Waals surface area (Å²) in [7, 11) is 0. The molecule has 0 unspecified atom stereocenters. The zero-order valence-electron chi connectivity index (χ0n) is 11.8. The maximum absolute atomic E-state index is 14.0. The minimum absolute atomic E-state index is 0.0204. The smallest absolute Gasteiger partial charge is 0.341 e. The first kappa shape index (κ1) is 15.2. The molecular formula is C17H11ClFNO3. The van der Waals surface area contributed by atoms with Gasteiger partial charge in [-0.15, -0.1) is 0 Å². The molecule has 3 aromatic rings. The first-order valence-electron chi connectivity index (χ1n) is 6.77. The van der Waals surface area contributed by atoms with E-state index in [4.69, 9.17) is 11.6 Å². The van der Waals surface area contributed by atoms with E-state index < -0.39 is 17.2 Å². The van der Waals surface area contributed by atoms with Gasteiger partial charge in [0.15, 0.2) is 0 Å². The average Bonchev–Trinajstić information content (AvgIpc) is 2.53. The van der Waals surface area contributed by atoms with Crippen molar-refractivity contribution in [1.29, 1.82) is 0 Å². The molecule has 0 saturated heterocycles. The molecule has 0 fully saturated rings. The molecule has 6 heteroatoms. The molecule has 0 aliphatic heterocycles. The average molecular weight is 332 g/mol. The molecule has 0 radical (unpaired) electrons. The number of carbonyl (C=O) groups is 1. The van der Waals surface area contributed by atoms with Gasteiger partial charge in [0.2, 0.25) is 5.43 Å². The third kappa shape index (κ3) is 2.71. The molecule has 0 aliphatic rings. The molecule has 0 atom stereocenters. The minimum atomic E-state index is -1.32. The fraction of sp³-hybridized carbons (Fsp3) is 0.0588. The van der Waals surface area contributed by atoms with Crippen molar-refractivity contribution in [3.8, 4) is 0 Å². The molecule has 3 rings (SSSR count). The van der Waals surface area contributed by atoms with E-state index in [2.05, 4.69) is 0 Å². The Kier molecular flexibility index (Phi) is 3.88. The van der Waals surface area contributed by atoms with E-state index >= 15 is 0 Å². The number of carboxylic acid groups (broad SMARTS) is 1. The predicted octanol–water partition coefficient (Wildman–Crippen LogP) is 3.54. The van der Waals surface area contributed by atoms with Gasteiger partial charge in [0.1, 0.15) is 11.4 Å². The van der Waals surface area contributed by atoms with Crippen LogP contribution in [0.3, 0.4) is 0 Å². The SMILES string of the molecule is O=C(O)c1cn(Cc2c(F)cccc2Cl)c2ccccc2c1=O. The number of para-hydroxylation sites is 1. The number of hydrogen-bond donors (Lipinski definition) is 1. The number of aromatic nitrogens is 1. The maximum Gasteiger partial charge on any atom is 0.341 e. The molecule has 0 amide bonds. The van der Waals surface area contributed by atoms with Crippen LogP contribution in [0.1, 0.15) is 15.9 Å². The van der Waals surface area contributed by atoms with Crippen molar-refractivity contribution in [3.63, 3.8) is 0 Å². The number of aromatic carboxylic acids is 1. The molecule has 0 bridgehead atoms. The number of nitrogens with zero attached hydrogens (tertiary/aromatic N) is 1. The number of hydrogen-bond acceptors (Lipinski definition) is 2. The first-order valence-corrected chi connectivity index (χ1v) is 7.15. The van der Waals surface area contributed by atoms with Gasteiger partial charge in [-0.05, 0) is 24.3 Å². The number of benzene rings is 2. The van der Waals surface area contributed by atoms with Crippen LogP contribution in [-0.2, 0) is 6.54 Å². The van der Waals surface area contributed by atoms with Gasteiger partial charge in [0, 0.05) is 22.2 Å². The van der Waals surface area contributed by atoms with Crippen molar-refractivity contribution < 1.29 is 14.3 Å². The van der Waals surface area contributed by atoms with Crippen LogP contribution in [0.25, 0.3) is 10.9 Å². The summed E-state index contributed by atoms with van der Waals surface area (Å²) < 4.78 is 15.5. The summed E-state index contributed by atoms with van der Waals surface area (Å²) in [6.07, 6.45) is 1.22. The predicted molar refractivity (Wildman–Crippen MR) is 85.7 cm³/mol. The monoisotopic (exact) mass is 331 g/mol. The second-order valence-corrected chi connectivity index (χ2v) is 5.43. The fourth-order valence-electron chi connectivity index (χ4n) is 2.48. The molecular weight excluding hydrogens is 321 g/mol. The van der Waals surface area contributed by atoms with Gasteiger partial charge in [0.25, 0.3) is 0 Å². The molecule has 23 heavy (non-hydrogen) atoms. The molecule has 1 aromatic heterocycles. The summed E-state index contributed by atoms with van der Waals surface area (Å²) in [6.45, 7) is 0.0204. The van der Waals surface area contributed by atoms with E-state index in [9.17, 15) is 19.1 Å². The van der Waals surface area contributed by atoms with Crippen LogP contribution in [0.5, 0.6) is 0 Å². The quantitative estimate of drug-likeness (QED) is 0.798. The van der Waals surface area contributed by atoms with Crippen LogP contribution >= 0.6 is 11.6 Å². The highest BCUT2D eigenvalue weighted by atomic mass is 35.5. The van der Waals surface area contributed by atoms with Gasteiger partial charge in [-0.3, -0.25) is 4.79 Å². The van der Waals surface area contributed by atoms with Crippen molar-refractivity contribution in [3.05, 3.63) is 80.9 Å². The molecule has 0 aliphatic carbocycles. The number of fused-ring (bicyclic) bond motifs is 1. The summed E-state index contributed by atoms with van der Waals surface area (Å²) in [6, 6.07) is 10.9. The summed E-state index contributed by atoms with van der Waals surface area (Å²) in [5.74, 6) is -1.81. The third-order valence-corrected chi connectivity index (χ3v) is 3.96. The topological polar surface area (TPSA) is 59.3 Å². The second-order valence-electron chi connectivity index (χ2n) is 5.02. The summed E-state index contributed by atoms with van der Waals surface area (Å²) in [5, 5.41) is 9.72. The van der Waals surface area contributed by atoms with Gasteiger partial charge < -0.3 is 9.67 Å². The molecule has 1 heterocycles. The lowest BCUT2D eigenvalue weighted by molar-refractivity contribution is 0.0695. The molecule has 0 saturated carbocycles. The van der Waals surface area contributed by atoms with Crippen molar-refractivity contribution in [2.24, 2.45) is 0 Å². The van der Waals surface area contributed by atoms with Crippen molar-refractivity contribution in [2.75, 3.05) is 0 Å². The summed E-state index contributed by atoms with van der Waals surface area (Å²) in [4.78, 5) is 23.5. The van der Waals surface area contributed by atoms with Crippen LogP contribution in [-0.4, -0.2) is 15.6 Å². The minimum Gasteiger partial charge on any atom is -0.477 e. The Bertz CT molecular complexity index is 961. The van der Waals surface area contributed by atoms with Gasteiger partial charge in [-0.1, -0.05) is 29.8 Å². The van der Waals surface area contributed by atoms with E-state index in [0.29, 0.717) is 5.52 Å². The van der Waals surface area contributed by atoms with Crippen LogP contribution < -0.4 is 5.43 Å². The normalized spacial score (nSPS) is 10.9. The zero-order valence-corrected chi connectivity index (χ0v) is 12.5. The number of halogens is 2. The van der Waals surface area contributed by atoms with Gasteiger partial charge >= 0.3 is 5.97 Å². The number of carboxylic acids is 1. The van der Waals surface area contributed by atoms with E-state index in [1.165, 1.54) is 22.9 Å². The van der Waals surface area contributed by atoms with E-state index in [1.54, 1.807) is 30.3 Å². The Morgan fingerprint density at radius 3 is 2.61 bits per heavy atom. The van der Waals surface area contributed by atoms with Crippen LogP contribution in [0.15, 0.2) is 53.5 Å². The Morgan fingerprint density at radius 1 is 1.17 bits per heavy atom. The Labute approximate surface area is 135 Å². The fourth-order valence-corrected chi connectivity index (χ4v) is 2.70. The molecule has 1 N–H and O–H groups in total. The largest absolute Gasteiger partial charge is 0.477 e. The maximum atomic E-state index is 14.0. The lowest BCUT2D eigenvalue weighted by atomic mass is 10.1. The Morgan fingerprint density at radius 2 is 1.91 bits per heavy atom. The lowest BCUT2D eigenvalue weighted by Gasteiger charge is -2.14. The van der Waals surface area contributed by atoms with Gasteiger partial charge in [0.05, 0.1) is 12.1 Å². The van der Waals surface area contributed by atoms with Crippen molar-refractivity contribution in [2.45, 2.75) is 6.54 Å². The molecule has 2 aromatic carbocycles. The van der Waals surface area contributed by atoms with Crippen LogP contribution in [0.4, 0.5) is 4.39 Å². The Balaban J connectivity index is 2.27. The number of pyridine rings is 1. The van der Waals surface area contributed by atoms with E-state index in [-0.39, 0.29) is 28.1 Å². The molecule has 116 valence electrons. The van der Waals surface area contributed by atoms with Gasteiger partial charge in [-0.2, -0.15) is 0 Å². The molecule has 4 nitrogen and oxygen atoms in total. The standard InChI is InChI=1S/C17H11ClFNO3/c18-13-5-3-6-14(19)11(13)8-20-9-12(17(22)23)16(21)10-4-1-2-7-15(10)20/h1-7,9H,8H2,(H,22,23). The first-order chi connectivity index (χ1) is 11.0. The molecule has 0 spiro atoms. The van der Waals surface area contributed by atoms with Gasteiger partial charge in [-0.25, -0.2) is 9.18 Å². The van der Waals surface area contributed by atoms with E-state index in [1.807, 2.05) is 0 Å². The highest BCUT2D eigenvalue weighted by Gasteiger charge is 2.16. The highest BCUT2D eigenvalue weighted by molar-refractivity contribution is 6.31. The second kappa shape index (κ2) is 5.85. The van der Waals surface area contributed by atoms with Crippen molar-refractivity contribution >= 4 is 28.5 Å². The van der Waals surface area contributed by atoms with Crippen molar-refractivity contribution in [1.82, 2.24) is 4.57 Å².